The zero-order valence-electron chi connectivity index (χ0n) is 5.09. The summed E-state index contributed by atoms with van der Waals surface area (Å²) in [5, 5.41) is 0. The summed E-state index contributed by atoms with van der Waals surface area (Å²) in [7, 11) is -6.98. The van der Waals surface area contributed by atoms with Gasteiger partial charge in [0.1, 0.15) is 13.3 Å². The van der Waals surface area contributed by atoms with E-state index in [2.05, 4.69) is 4.31 Å². The number of hydrogen-bond donors (Lipinski definition) is 4. The second-order valence-corrected chi connectivity index (χ2v) is 5.75. The van der Waals surface area contributed by atoms with Gasteiger partial charge in [0.15, 0.2) is 0 Å². The molecule has 0 aliphatic heterocycles. The van der Waals surface area contributed by atoms with Gasteiger partial charge in [0, 0.05) is 4.31 Å². The SMILES string of the molecule is C[P+](O)(O)O[P+](C)(O)O. The first-order valence-corrected chi connectivity index (χ1v) is 6.18. The molecule has 0 aromatic carbocycles. The second-order valence-electron chi connectivity index (χ2n) is 1.75. The summed E-state index contributed by atoms with van der Waals surface area (Å²) in [5.74, 6) is 0. The van der Waals surface area contributed by atoms with Crippen LogP contribution in [0.2, 0.25) is 0 Å². The fourth-order valence-corrected chi connectivity index (χ4v) is 2.64. The predicted molar refractivity (Wildman–Crippen MR) is 35.6 cm³/mol. The monoisotopic (exact) mass is 176 g/mol. The van der Waals surface area contributed by atoms with Gasteiger partial charge >= 0.3 is 15.9 Å². The van der Waals surface area contributed by atoms with Crippen molar-refractivity contribution in [3.05, 3.63) is 0 Å². The molecule has 0 rings (SSSR count). The summed E-state index contributed by atoms with van der Waals surface area (Å²) in [6, 6.07) is 0. The molecule has 0 atom stereocenters. The largest absolute Gasteiger partial charge is 0.458 e. The quantitative estimate of drug-likeness (QED) is 0.436. The Hall–Kier alpha value is 0.660. The van der Waals surface area contributed by atoms with Gasteiger partial charge in [-0.2, -0.15) is 19.6 Å². The predicted octanol–water partition coefficient (Wildman–Crippen LogP) is -0.243. The molecule has 0 radical (unpaired) electrons. The van der Waals surface area contributed by atoms with Crippen LogP contribution in [0.3, 0.4) is 0 Å². The summed E-state index contributed by atoms with van der Waals surface area (Å²) in [6.45, 7) is 2.00. The standard InChI is InChI=1S/C2H10O5P2/c1-8(3,4)7-9(2,5)6/h3-6H,1-2H3/q+2. The maximum Gasteiger partial charge on any atom is 0.458 e. The van der Waals surface area contributed by atoms with Crippen molar-refractivity contribution in [1.29, 1.82) is 0 Å². The van der Waals surface area contributed by atoms with Crippen LogP contribution in [0.5, 0.6) is 0 Å². The molecule has 7 heteroatoms. The Bertz CT molecular complexity index is 78.1. The molecule has 56 valence electrons. The molecule has 0 aromatic rings. The molecule has 9 heavy (non-hydrogen) atoms. The number of rotatable bonds is 2. The molecular weight excluding hydrogens is 166 g/mol. The van der Waals surface area contributed by atoms with Crippen molar-refractivity contribution in [2.45, 2.75) is 0 Å². The molecule has 0 heterocycles. The van der Waals surface area contributed by atoms with Crippen LogP contribution < -0.4 is 0 Å². The van der Waals surface area contributed by atoms with E-state index in [4.69, 9.17) is 19.6 Å². The second kappa shape index (κ2) is 2.72. The average molecular weight is 176 g/mol. The highest BCUT2D eigenvalue weighted by Gasteiger charge is 2.47. The van der Waals surface area contributed by atoms with Crippen LogP contribution in [0.4, 0.5) is 0 Å². The van der Waals surface area contributed by atoms with E-state index in [-0.39, 0.29) is 0 Å². The molecule has 0 aromatic heterocycles. The molecule has 0 aliphatic carbocycles. The van der Waals surface area contributed by atoms with E-state index in [0.29, 0.717) is 0 Å². The molecule has 0 saturated carbocycles. The van der Waals surface area contributed by atoms with Crippen LogP contribution in [-0.4, -0.2) is 32.9 Å². The van der Waals surface area contributed by atoms with E-state index in [9.17, 15) is 0 Å². The van der Waals surface area contributed by atoms with Crippen molar-refractivity contribution in [2.24, 2.45) is 0 Å². The minimum Gasteiger partial charge on any atom is -0.190 e. The van der Waals surface area contributed by atoms with Gasteiger partial charge in [-0.1, -0.05) is 0 Å². The van der Waals surface area contributed by atoms with Crippen molar-refractivity contribution in [3.8, 4) is 0 Å². The van der Waals surface area contributed by atoms with Gasteiger partial charge in [0.25, 0.3) is 0 Å². The normalized spacial score (nSPS) is 14.0. The van der Waals surface area contributed by atoms with E-state index in [0.717, 1.165) is 13.3 Å². The van der Waals surface area contributed by atoms with E-state index in [1.165, 1.54) is 0 Å². The molecule has 0 saturated heterocycles. The molecule has 4 N–H and O–H groups in total. The molecular formula is C2H10O5P2+2. The van der Waals surface area contributed by atoms with Gasteiger partial charge < -0.3 is 0 Å². The van der Waals surface area contributed by atoms with Crippen LogP contribution in [0, 0.1) is 0 Å². The summed E-state index contributed by atoms with van der Waals surface area (Å²) in [6.07, 6.45) is 0. The lowest BCUT2D eigenvalue weighted by atomic mass is 12.0. The van der Waals surface area contributed by atoms with E-state index < -0.39 is 15.9 Å². The third-order valence-corrected chi connectivity index (χ3v) is 2.78. The fraction of sp³-hybridized carbons (Fsp3) is 1.00. The smallest absolute Gasteiger partial charge is 0.190 e. The highest BCUT2D eigenvalue weighted by molar-refractivity contribution is 7.72. The van der Waals surface area contributed by atoms with Crippen molar-refractivity contribution in [1.82, 2.24) is 0 Å². The molecule has 0 unspecified atom stereocenters. The van der Waals surface area contributed by atoms with Gasteiger partial charge in [-0.25, -0.2) is 0 Å². The van der Waals surface area contributed by atoms with Gasteiger partial charge in [-0.05, 0) is 0 Å². The van der Waals surface area contributed by atoms with E-state index in [1.54, 1.807) is 0 Å². The zero-order valence-corrected chi connectivity index (χ0v) is 6.88. The Balaban J connectivity index is 3.75. The first-order valence-electron chi connectivity index (χ1n) is 2.06. The third kappa shape index (κ3) is 8.66. The van der Waals surface area contributed by atoms with Crippen molar-refractivity contribution < 1.29 is 23.9 Å². The fourth-order valence-electron chi connectivity index (χ4n) is 0.293. The molecule has 0 amide bonds. The van der Waals surface area contributed by atoms with Crippen LogP contribution in [-0.2, 0) is 4.31 Å². The highest BCUT2D eigenvalue weighted by Crippen LogP contribution is 2.64. The Labute approximate surface area is 54.1 Å². The molecule has 5 nitrogen and oxygen atoms in total. The van der Waals surface area contributed by atoms with Gasteiger partial charge in [0.2, 0.25) is 0 Å². The molecule has 0 aliphatic rings. The van der Waals surface area contributed by atoms with Crippen LogP contribution >= 0.6 is 15.9 Å². The van der Waals surface area contributed by atoms with Gasteiger partial charge in [-0.15, -0.1) is 0 Å². The molecule has 0 fully saturated rings. The Morgan fingerprint density at radius 2 is 1.11 bits per heavy atom. The Morgan fingerprint density at radius 3 is 1.11 bits per heavy atom. The lowest BCUT2D eigenvalue weighted by Crippen LogP contribution is -1.96. The first-order chi connectivity index (χ1) is 3.71. The van der Waals surface area contributed by atoms with Crippen LogP contribution in [0.1, 0.15) is 0 Å². The van der Waals surface area contributed by atoms with Crippen molar-refractivity contribution >= 4 is 15.9 Å². The maximum atomic E-state index is 8.51. The van der Waals surface area contributed by atoms with Crippen LogP contribution in [0.15, 0.2) is 0 Å². The summed E-state index contributed by atoms with van der Waals surface area (Å²) in [5.41, 5.74) is 0. The topological polar surface area (TPSA) is 90.2 Å². The summed E-state index contributed by atoms with van der Waals surface area (Å²) < 4.78 is 4.07. The highest BCUT2D eigenvalue weighted by atomic mass is 31.3. The minimum atomic E-state index is -3.49. The first kappa shape index (κ1) is 9.66. The minimum absolute atomic E-state index is 0.998. The number of hydrogen-bond acceptors (Lipinski definition) is 5. The lowest BCUT2D eigenvalue weighted by Gasteiger charge is -2.04. The van der Waals surface area contributed by atoms with Crippen LogP contribution in [0.25, 0.3) is 0 Å². The zero-order chi connectivity index (χ0) is 7.71. The molecule has 0 spiro atoms. The summed E-state index contributed by atoms with van der Waals surface area (Å²) in [4.78, 5) is 34.0. The van der Waals surface area contributed by atoms with E-state index >= 15 is 0 Å². The Kier molecular flexibility index (Phi) is 2.92. The third-order valence-electron chi connectivity index (χ3n) is 0.309. The van der Waals surface area contributed by atoms with Crippen molar-refractivity contribution in [3.63, 3.8) is 0 Å². The van der Waals surface area contributed by atoms with E-state index in [1.807, 2.05) is 0 Å². The Morgan fingerprint density at radius 1 is 0.889 bits per heavy atom. The maximum absolute atomic E-state index is 8.51. The molecule has 0 bridgehead atoms. The lowest BCUT2D eigenvalue weighted by molar-refractivity contribution is 0.290. The van der Waals surface area contributed by atoms with Gasteiger partial charge in [0.05, 0.1) is 0 Å². The average Bonchev–Trinajstić information content (AvgIpc) is 1.14. The van der Waals surface area contributed by atoms with Gasteiger partial charge in [-0.3, -0.25) is 0 Å². The van der Waals surface area contributed by atoms with Crippen molar-refractivity contribution in [2.75, 3.05) is 13.3 Å². The summed E-state index contributed by atoms with van der Waals surface area (Å²) >= 11 is 0.